The number of nitrogens with zero attached hydrogens (tertiary/aromatic N) is 2. The van der Waals surface area contributed by atoms with E-state index < -0.39 is 10.0 Å². The van der Waals surface area contributed by atoms with E-state index in [1.54, 1.807) is 24.3 Å². The van der Waals surface area contributed by atoms with Crippen LogP contribution in [0.4, 0.5) is 10.1 Å². The Bertz CT molecular complexity index is 809. The predicted octanol–water partition coefficient (Wildman–Crippen LogP) is 2.67. The summed E-state index contributed by atoms with van der Waals surface area (Å²) in [6.07, 6.45) is 5.13. The van der Waals surface area contributed by atoms with Crippen LogP contribution in [0.2, 0.25) is 0 Å². The molecule has 2 aromatic rings. The molecule has 0 N–H and O–H groups in total. The maximum absolute atomic E-state index is 12.9. The third kappa shape index (κ3) is 3.82. The zero-order valence-electron chi connectivity index (χ0n) is 12.9. The van der Waals surface area contributed by atoms with E-state index in [0.717, 1.165) is 15.6 Å². The zero-order chi connectivity index (χ0) is 17.0. The highest BCUT2D eigenvalue weighted by molar-refractivity contribution is 7.89. The van der Waals surface area contributed by atoms with E-state index in [2.05, 4.69) is 6.04 Å². The van der Waals surface area contributed by atoms with E-state index in [-0.39, 0.29) is 10.7 Å². The summed E-state index contributed by atoms with van der Waals surface area (Å²) in [7, 11) is -0.445. The Morgan fingerprint density at radius 3 is 2.13 bits per heavy atom. The number of hydrogen-bond donors (Lipinski definition) is 0. The minimum Gasteiger partial charge on any atom is -0.370 e. The molecule has 2 aromatic carbocycles. The van der Waals surface area contributed by atoms with Crippen molar-refractivity contribution in [3.8, 4) is 12.5 Å². The van der Waals surface area contributed by atoms with Crippen molar-refractivity contribution in [2.24, 2.45) is 0 Å². The number of hydrogen-bond acceptors (Lipinski definition) is 3. The summed E-state index contributed by atoms with van der Waals surface area (Å²) in [4.78, 5) is 2.09. The van der Waals surface area contributed by atoms with Crippen LogP contribution in [0.1, 0.15) is 5.56 Å². The summed E-state index contributed by atoms with van der Waals surface area (Å²) in [5.41, 5.74) is 1.80. The van der Waals surface area contributed by atoms with Crippen molar-refractivity contribution in [3.05, 3.63) is 59.9 Å². The van der Waals surface area contributed by atoms with Gasteiger partial charge >= 0.3 is 0 Å². The van der Waals surface area contributed by atoms with E-state index in [0.29, 0.717) is 6.54 Å². The fraction of sp³-hybridized carbons (Fsp3) is 0.176. The lowest BCUT2D eigenvalue weighted by atomic mass is 10.2. The van der Waals surface area contributed by atoms with Crippen LogP contribution in [0.3, 0.4) is 0 Å². The molecule has 0 saturated heterocycles. The molecule has 0 bridgehead atoms. The molecule has 0 unspecified atom stereocenters. The Balaban J connectivity index is 2.14. The van der Waals surface area contributed by atoms with Crippen molar-refractivity contribution in [3.63, 3.8) is 0 Å². The number of halogens is 1. The maximum Gasteiger partial charge on any atom is 0.270 e. The molecule has 4 nitrogen and oxygen atoms in total. The Hall–Kier alpha value is -2.52. The first-order chi connectivity index (χ1) is 10.8. The Kier molecular flexibility index (Phi) is 4.92. The lowest BCUT2D eigenvalue weighted by Crippen LogP contribution is -2.22. The highest BCUT2D eigenvalue weighted by Crippen LogP contribution is 2.18. The lowest BCUT2D eigenvalue weighted by molar-refractivity contribution is 0.547. The molecule has 0 aromatic heterocycles. The topological polar surface area (TPSA) is 40.6 Å². The van der Waals surface area contributed by atoms with Gasteiger partial charge in [0, 0.05) is 32.4 Å². The highest BCUT2D eigenvalue weighted by Gasteiger charge is 2.18. The van der Waals surface area contributed by atoms with Crippen LogP contribution in [-0.4, -0.2) is 26.8 Å². The molecule has 0 spiro atoms. The molecular formula is C17H17FN2O2S. The first kappa shape index (κ1) is 16.8. The van der Waals surface area contributed by atoms with Crippen molar-refractivity contribution >= 4 is 15.7 Å². The first-order valence-corrected chi connectivity index (χ1v) is 8.29. The summed E-state index contributed by atoms with van der Waals surface area (Å²) in [6.45, 7) is 0.566. The van der Waals surface area contributed by atoms with Gasteiger partial charge in [0.1, 0.15) is 5.82 Å². The number of terminal acetylenes is 1. The highest BCUT2D eigenvalue weighted by atomic mass is 32.2. The molecule has 0 atom stereocenters. The second kappa shape index (κ2) is 6.71. The molecule has 0 radical (unpaired) electrons. The van der Waals surface area contributed by atoms with Gasteiger partial charge in [-0.25, -0.2) is 17.1 Å². The molecule has 0 fully saturated rings. The second-order valence-electron chi connectivity index (χ2n) is 5.08. The Labute approximate surface area is 136 Å². The normalized spacial score (nSPS) is 10.9. The monoisotopic (exact) mass is 332 g/mol. The Morgan fingerprint density at radius 2 is 1.61 bits per heavy atom. The number of benzene rings is 2. The van der Waals surface area contributed by atoms with Crippen molar-refractivity contribution in [2.75, 3.05) is 19.0 Å². The third-order valence-corrected chi connectivity index (χ3v) is 5.15. The Morgan fingerprint density at radius 1 is 1.04 bits per heavy atom. The quantitative estimate of drug-likeness (QED) is 0.624. The summed E-state index contributed by atoms with van der Waals surface area (Å²) in [5.74, 6) is -0.283. The van der Waals surface area contributed by atoms with E-state index in [1.165, 1.54) is 31.3 Å². The molecule has 6 heteroatoms. The third-order valence-electron chi connectivity index (χ3n) is 3.45. The van der Waals surface area contributed by atoms with Crippen LogP contribution in [0.15, 0.2) is 53.4 Å². The van der Waals surface area contributed by atoms with Crippen LogP contribution < -0.4 is 4.90 Å². The molecule has 2 rings (SSSR count). The van der Waals surface area contributed by atoms with Crippen molar-refractivity contribution in [1.82, 2.24) is 4.31 Å². The molecule has 120 valence electrons. The fourth-order valence-electron chi connectivity index (χ4n) is 2.06. The molecule has 0 heterocycles. The zero-order valence-corrected chi connectivity index (χ0v) is 13.7. The summed E-state index contributed by atoms with van der Waals surface area (Å²) in [6, 6.07) is 14.8. The van der Waals surface area contributed by atoms with Gasteiger partial charge in [-0.05, 0) is 42.0 Å². The van der Waals surface area contributed by atoms with Gasteiger partial charge in [-0.15, -0.1) is 0 Å². The maximum atomic E-state index is 12.9. The molecule has 0 amide bonds. The largest absolute Gasteiger partial charge is 0.370 e. The average Bonchev–Trinajstić information content (AvgIpc) is 2.55. The van der Waals surface area contributed by atoms with Crippen molar-refractivity contribution in [2.45, 2.75) is 11.4 Å². The van der Waals surface area contributed by atoms with E-state index >= 15 is 0 Å². The predicted molar refractivity (Wildman–Crippen MR) is 88.7 cm³/mol. The first-order valence-electron chi connectivity index (χ1n) is 6.85. The molecule has 0 aliphatic rings. The number of anilines is 1. The minimum atomic E-state index is -3.65. The SMILES string of the molecule is C#CN(C)S(=O)(=O)c1ccc(CN(C)c2ccc(F)cc2)cc1. The fourth-order valence-corrected chi connectivity index (χ4v) is 2.99. The molecule has 0 aliphatic heterocycles. The average molecular weight is 332 g/mol. The molecular weight excluding hydrogens is 315 g/mol. The van der Waals surface area contributed by atoms with E-state index in [1.807, 2.05) is 11.9 Å². The smallest absolute Gasteiger partial charge is 0.270 e. The van der Waals surface area contributed by atoms with Gasteiger partial charge < -0.3 is 4.90 Å². The summed E-state index contributed by atoms with van der Waals surface area (Å²) < 4.78 is 37.9. The van der Waals surface area contributed by atoms with Crippen molar-refractivity contribution < 1.29 is 12.8 Å². The van der Waals surface area contributed by atoms with Crippen LogP contribution in [0, 0.1) is 18.3 Å². The van der Waals surface area contributed by atoms with E-state index in [9.17, 15) is 12.8 Å². The van der Waals surface area contributed by atoms with E-state index in [4.69, 9.17) is 6.42 Å². The van der Waals surface area contributed by atoms with Crippen molar-refractivity contribution in [1.29, 1.82) is 0 Å². The minimum absolute atomic E-state index is 0.145. The number of rotatable bonds is 5. The second-order valence-corrected chi connectivity index (χ2v) is 7.05. The summed E-state index contributed by atoms with van der Waals surface area (Å²) >= 11 is 0. The molecule has 23 heavy (non-hydrogen) atoms. The lowest BCUT2D eigenvalue weighted by Gasteiger charge is -2.19. The molecule has 0 saturated carbocycles. The molecule has 0 aliphatic carbocycles. The standard InChI is InChI=1S/C17H17FN2O2S/c1-4-20(3)23(21,22)17-11-5-14(6-12-17)13-19(2)16-9-7-15(18)8-10-16/h1,5-12H,13H2,2-3H3. The van der Waals surface area contributed by atoms with Gasteiger partial charge in [-0.3, -0.25) is 0 Å². The van der Waals surface area contributed by atoms with Gasteiger partial charge in [-0.1, -0.05) is 18.6 Å². The van der Waals surface area contributed by atoms with Crippen LogP contribution in [-0.2, 0) is 16.6 Å². The van der Waals surface area contributed by atoms with Gasteiger partial charge in [0.15, 0.2) is 0 Å². The van der Waals surface area contributed by atoms with Crippen LogP contribution in [0.25, 0.3) is 0 Å². The van der Waals surface area contributed by atoms with Crippen LogP contribution >= 0.6 is 0 Å². The van der Waals surface area contributed by atoms with Gasteiger partial charge in [0.05, 0.1) is 4.90 Å². The number of sulfonamides is 1. The van der Waals surface area contributed by atoms with Gasteiger partial charge in [-0.2, -0.15) is 0 Å². The van der Waals surface area contributed by atoms with Gasteiger partial charge in [0.25, 0.3) is 10.0 Å². The summed E-state index contributed by atoms with van der Waals surface area (Å²) in [5, 5.41) is 0. The van der Waals surface area contributed by atoms with Crippen LogP contribution in [0.5, 0.6) is 0 Å². The van der Waals surface area contributed by atoms with Gasteiger partial charge in [0.2, 0.25) is 0 Å².